The number of carbonyl (C=O) groups excluding carboxylic acids is 3. The quantitative estimate of drug-likeness (QED) is 0.446. The molecule has 9 nitrogen and oxygen atoms in total. The molecule has 5 N–H and O–H groups in total. The third kappa shape index (κ3) is 5.26. The Kier molecular flexibility index (Phi) is 6.99. The molecule has 31 heavy (non-hydrogen) atoms. The van der Waals surface area contributed by atoms with Crippen LogP contribution in [0.15, 0.2) is 53.9 Å². The molecule has 2 aromatic carbocycles. The molecular formula is C21H22ClN5O4. The van der Waals surface area contributed by atoms with Crippen LogP contribution in [-0.2, 0) is 9.59 Å². The highest BCUT2D eigenvalue weighted by atomic mass is 35.5. The summed E-state index contributed by atoms with van der Waals surface area (Å²) in [5, 5.41) is 13.9. The molecule has 3 rings (SSSR count). The molecule has 1 aliphatic heterocycles. The molecule has 0 atom stereocenters. The van der Waals surface area contributed by atoms with E-state index in [0.717, 1.165) is 0 Å². The molecule has 3 amide bonds. The van der Waals surface area contributed by atoms with Crippen LogP contribution in [0.2, 0.25) is 5.02 Å². The highest BCUT2D eigenvalue weighted by Crippen LogP contribution is 2.24. The van der Waals surface area contributed by atoms with Crippen molar-refractivity contribution in [2.75, 3.05) is 31.0 Å². The smallest absolute Gasteiger partial charge is 0.274 e. The van der Waals surface area contributed by atoms with Gasteiger partial charge in [0.2, 0.25) is 0 Å². The average molecular weight is 444 g/mol. The van der Waals surface area contributed by atoms with E-state index < -0.39 is 5.91 Å². The molecule has 0 aliphatic carbocycles. The third-order valence-corrected chi connectivity index (χ3v) is 4.67. The Labute approximate surface area is 184 Å². The van der Waals surface area contributed by atoms with Gasteiger partial charge in [-0.25, -0.2) is 0 Å². The van der Waals surface area contributed by atoms with Gasteiger partial charge in [0, 0.05) is 18.4 Å². The molecule has 0 fully saturated rings. The minimum atomic E-state index is -0.457. The normalized spacial score (nSPS) is 12.5. The molecule has 0 radical (unpaired) electrons. The zero-order chi connectivity index (χ0) is 22.4. The maximum Gasteiger partial charge on any atom is 0.274 e. The number of anilines is 2. The Morgan fingerprint density at radius 2 is 1.52 bits per heavy atom. The molecule has 2 aromatic rings. The molecule has 0 aromatic heterocycles. The van der Waals surface area contributed by atoms with Crippen molar-refractivity contribution < 1.29 is 19.1 Å². The van der Waals surface area contributed by atoms with Gasteiger partial charge in [0.1, 0.15) is 17.1 Å². The first-order valence-corrected chi connectivity index (χ1v) is 9.90. The lowest BCUT2D eigenvalue weighted by Crippen LogP contribution is -2.28. The fraction of sp³-hybridized carbons (Fsp3) is 0.190. The number of halogens is 1. The summed E-state index contributed by atoms with van der Waals surface area (Å²) >= 11 is 6.18. The van der Waals surface area contributed by atoms with Crippen molar-refractivity contribution >= 4 is 40.7 Å². The highest BCUT2D eigenvalue weighted by Gasteiger charge is 2.24. The zero-order valence-corrected chi connectivity index (χ0v) is 17.7. The van der Waals surface area contributed by atoms with E-state index in [1.165, 1.54) is 7.05 Å². The van der Waals surface area contributed by atoms with Crippen LogP contribution in [0.3, 0.4) is 0 Å². The molecule has 10 heteroatoms. The largest absolute Gasteiger partial charge is 0.494 e. The van der Waals surface area contributed by atoms with Crippen LogP contribution in [0.1, 0.15) is 17.3 Å². The number of benzene rings is 2. The summed E-state index contributed by atoms with van der Waals surface area (Å²) in [5.41, 5.74) is 1.67. The summed E-state index contributed by atoms with van der Waals surface area (Å²) in [6.07, 6.45) is 0. The lowest BCUT2D eigenvalue weighted by molar-refractivity contribution is -0.118. The molecule has 0 saturated heterocycles. The second kappa shape index (κ2) is 9.86. The number of hydrogen-bond acceptors (Lipinski definition) is 6. The second-order valence-corrected chi connectivity index (χ2v) is 6.83. The Bertz CT molecular complexity index is 1040. The molecule has 0 bridgehead atoms. The van der Waals surface area contributed by atoms with E-state index in [1.54, 1.807) is 42.5 Å². The predicted octanol–water partition coefficient (Wildman–Crippen LogP) is 2.04. The van der Waals surface area contributed by atoms with Gasteiger partial charge in [-0.2, -0.15) is 0 Å². The van der Waals surface area contributed by atoms with Crippen molar-refractivity contribution in [3.63, 3.8) is 0 Å². The van der Waals surface area contributed by atoms with Gasteiger partial charge in [-0.3, -0.25) is 14.4 Å². The summed E-state index contributed by atoms with van der Waals surface area (Å²) in [6.45, 7) is 2.64. The van der Waals surface area contributed by atoms with E-state index in [9.17, 15) is 14.4 Å². The summed E-state index contributed by atoms with van der Waals surface area (Å²) in [5.74, 6) is -0.625. The first-order valence-electron chi connectivity index (χ1n) is 9.52. The van der Waals surface area contributed by atoms with E-state index in [1.807, 2.05) is 6.92 Å². The maximum absolute atomic E-state index is 12.5. The fourth-order valence-corrected chi connectivity index (χ4v) is 3.13. The first-order chi connectivity index (χ1) is 14.9. The SMILES string of the molecule is CCOc1ccc(C(=O)Nc2ccc(NC(=O)C3=C(C(=O)NC)NCN3)cc2)c(Cl)c1. The lowest BCUT2D eigenvalue weighted by atomic mass is 10.2. The first kappa shape index (κ1) is 22.0. The molecule has 1 heterocycles. The molecule has 162 valence electrons. The molecule has 1 aliphatic rings. The van der Waals surface area contributed by atoms with Gasteiger partial charge < -0.3 is 31.3 Å². The van der Waals surface area contributed by atoms with Crippen LogP contribution in [0.5, 0.6) is 5.75 Å². The number of amides is 3. The summed E-state index contributed by atoms with van der Waals surface area (Å²) in [6, 6.07) is 11.4. The monoisotopic (exact) mass is 443 g/mol. The molecule has 0 unspecified atom stereocenters. The van der Waals surface area contributed by atoms with Crippen molar-refractivity contribution in [3.05, 3.63) is 64.4 Å². The van der Waals surface area contributed by atoms with E-state index in [2.05, 4.69) is 26.6 Å². The zero-order valence-electron chi connectivity index (χ0n) is 17.0. The van der Waals surface area contributed by atoms with Crippen molar-refractivity contribution in [1.82, 2.24) is 16.0 Å². The number of hydrogen-bond donors (Lipinski definition) is 5. The van der Waals surface area contributed by atoms with Crippen molar-refractivity contribution in [2.24, 2.45) is 0 Å². The fourth-order valence-electron chi connectivity index (χ4n) is 2.88. The predicted molar refractivity (Wildman–Crippen MR) is 118 cm³/mol. The third-order valence-electron chi connectivity index (χ3n) is 4.36. The van der Waals surface area contributed by atoms with Crippen LogP contribution < -0.4 is 31.3 Å². The maximum atomic E-state index is 12.5. The average Bonchev–Trinajstić information content (AvgIpc) is 3.25. The topological polar surface area (TPSA) is 121 Å². The van der Waals surface area contributed by atoms with Gasteiger partial charge in [0.05, 0.1) is 23.9 Å². The van der Waals surface area contributed by atoms with Crippen LogP contribution in [0, 0.1) is 0 Å². The van der Waals surface area contributed by atoms with Crippen LogP contribution in [0.25, 0.3) is 0 Å². The van der Waals surface area contributed by atoms with Gasteiger partial charge >= 0.3 is 0 Å². The summed E-state index contributed by atoms with van der Waals surface area (Å²) in [4.78, 5) is 36.8. The molecular weight excluding hydrogens is 422 g/mol. The summed E-state index contributed by atoms with van der Waals surface area (Å²) in [7, 11) is 1.48. The lowest BCUT2D eigenvalue weighted by Gasteiger charge is -2.10. The van der Waals surface area contributed by atoms with E-state index >= 15 is 0 Å². The van der Waals surface area contributed by atoms with Gasteiger partial charge in [0.25, 0.3) is 17.7 Å². The van der Waals surface area contributed by atoms with E-state index in [4.69, 9.17) is 16.3 Å². The van der Waals surface area contributed by atoms with E-state index in [0.29, 0.717) is 29.3 Å². The molecule has 0 saturated carbocycles. The minimum absolute atomic E-state index is 0.155. The van der Waals surface area contributed by atoms with Crippen LogP contribution >= 0.6 is 11.6 Å². The van der Waals surface area contributed by atoms with Crippen LogP contribution in [0.4, 0.5) is 11.4 Å². The number of rotatable bonds is 7. The minimum Gasteiger partial charge on any atom is -0.494 e. The summed E-state index contributed by atoms with van der Waals surface area (Å²) < 4.78 is 5.36. The van der Waals surface area contributed by atoms with Crippen molar-refractivity contribution in [1.29, 1.82) is 0 Å². The van der Waals surface area contributed by atoms with Crippen LogP contribution in [-0.4, -0.2) is 38.0 Å². The molecule has 0 spiro atoms. The number of nitrogens with one attached hydrogen (secondary N) is 5. The Balaban J connectivity index is 1.65. The van der Waals surface area contributed by atoms with Gasteiger partial charge in [-0.15, -0.1) is 0 Å². The standard InChI is InChI=1S/C21H22ClN5O4/c1-3-31-14-8-9-15(16(22)10-14)19(28)26-12-4-6-13(7-5-12)27-21(30)18-17(20(29)23-2)24-11-25-18/h4-10,24-25H,3,11H2,1-2H3,(H,23,29)(H,26,28)(H,27,30). The Hall–Kier alpha value is -3.72. The van der Waals surface area contributed by atoms with Gasteiger partial charge in [-0.05, 0) is 49.4 Å². The van der Waals surface area contributed by atoms with Crippen molar-refractivity contribution in [2.45, 2.75) is 6.92 Å². The highest BCUT2D eigenvalue weighted by molar-refractivity contribution is 6.34. The van der Waals surface area contributed by atoms with Gasteiger partial charge in [-0.1, -0.05) is 11.6 Å². The Morgan fingerprint density at radius 3 is 2.06 bits per heavy atom. The Morgan fingerprint density at radius 1 is 0.935 bits per heavy atom. The number of carbonyl (C=O) groups is 3. The second-order valence-electron chi connectivity index (χ2n) is 6.42. The number of likely N-dealkylation sites (N-methyl/N-ethyl adjacent to an activating group) is 1. The van der Waals surface area contributed by atoms with Gasteiger partial charge in [0.15, 0.2) is 0 Å². The van der Waals surface area contributed by atoms with Crippen molar-refractivity contribution in [3.8, 4) is 5.75 Å². The van der Waals surface area contributed by atoms with E-state index in [-0.39, 0.29) is 34.9 Å². The number of ether oxygens (including phenoxy) is 1.